The molecule has 0 fully saturated rings. The smallest absolute Gasteiger partial charge is 0.328 e. The monoisotopic (exact) mass is 226 g/mol. The van der Waals surface area contributed by atoms with Crippen LogP contribution in [0.4, 0.5) is 4.79 Å². The maximum atomic E-state index is 11.4. The van der Waals surface area contributed by atoms with E-state index in [1.54, 1.807) is 0 Å². The van der Waals surface area contributed by atoms with Crippen LogP contribution in [0.2, 0.25) is 0 Å². The zero-order valence-electron chi connectivity index (χ0n) is 9.83. The van der Waals surface area contributed by atoms with E-state index in [0.717, 1.165) is 6.42 Å². The fourth-order valence-electron chi connectivity index (χ4n) is 1.02. The summed E-state index contributed by atoms with van der Waals surface area (Å²) in [6, 6.07) is -0.932. The molecule has 0 heterocycles. The van der Waals surface area contributed by atoms with Gasteiger partial charge in [-0.1, -0.05) is 19.3 Å². The molecule has 16 heavy (non-hydrogen) atoms. The minimum atomic E-state index is -1.31. The molecular weight excluding hydrogens is 208 g/mol. The molecule has 0 spiro atoms. The number of carbonyl (C=O) groups is 2. The number of aliphatic carboxylic acids is 1. The third-order valence-electron chi connectivity index (χ3n) is 2.04. The number of hydrogen-bond acceptors (Lipinski definition) is 2. The average molecular weight is 226 g/mol. The predicted octanol–water partition coefficient (Wildman–Crippen LogP) is 0.951. The van der Waals surface area contributed by atoms with Crippen LogP contribution in [0.15, 0.2) is 0 Å². The van der Waals surface area contributed by atoms with Gasteiger partial charge in [-0.25, -0.2) is 9.59 Å². The van der Waals surface area contributed by atoms with E-state index in [9.17, 15) is 9.59 Å². The lowest BCUT2D eigenvalue weighted by atomic mass is 10.1. The van der Waals surface area contributed by atoms with Crippen molar-refractivity contribution in [2.75, 3.05) is 0 Å². The summed E-state index contributed by atoms with van der Waals surface area (Å²) in [5.74, 6) is 1.33. The fraction of sp³-hybridized carbons (Fsp3) is 0.636. The molecule has 0 aliphatic carbocycles. The van der Waals surface area contributed by atoms with Crippen molar-refractivity contribution in [3.05, 3.63) is 0 Å². The number of nitrogens with one attached hydrogen (secondary N) is 2. The number of terminal acetylenes is 1. The molecule has 0 aliphatic heterocycles. The van der Waals surface area contributed by atoms with Crippen molar-refractivity contribution in [3.8, 4) is 12.3 Å². The summed E-state index contributed by atoms with van der Waals surface area (Å²) < 4.78 is 0. The zero-order valence-corrected chi connectivity index (χ0v) is 9.83. The van der Waals surface area contributed by atoms with E-state index in [1.807, 2.05) is 6.92 Å². The van der Waals surface area contributed by atoms with Gasteiger partial charge in [0, 0.05) is 0 Å². The van der Waals surface area contributed by atoms with Crippen LogP contribution in [-0.2, 0) is 4.79 Å². The summed E-state index contributed by atoms with van der Waals surface area (Å²) in [5, 5.41) is 13.7. The van der Waals surface area contributed by atoms with E-state index in [-0.39, 0.29) is 6.04 Å². The topological polar surface area (TPSA) is 78.4 Å². The predicted molar refractivity (Wildman–Crippen MR) is 60.9 cm³/mol. The molecule has 2 amide bonds. The van der Waals surface area contributed by atoms with Crippen LogP contribution in [0, 0.1) is 12.3 Å². The Bertz CT molecular complexity index is 305. The van der Waals surface area contributed by atoms with Crippen molar-refractivity contribution in [3.63, 3.8) is 0 Å². The van der Waals surface area contributed by atoms with E-state index >= 15 is 0 Å². The first kappa shape index (κ1) is 14.3. The number of amides is 2. The molecule has 5 heteroatoms. The summed E-state index contributed by atoms with van der Waals surface area (Å²) in [6.07, 6.45) is 6.73. The Morgan fingerprint density at radius 3 is 2.44 bits per heavy atom. The highest BCUT2D eigenvalue weighted by molar-refractivity contribution is 5.85. The van der Waals surface area contributed by atoms with Gasteiger partial charge in [0.25, 0.3) is 0 Å². The van der Waals surface area contributed by atoms with E-state index in [2.05, 4.69) is 16.6 Å². The van der Waals surface area contributed by atoms with Gasteiger partial charge in [-0.2, -0.15) is 0 Å². The molecule has 0 aromatic rings. The Hall–Kier alpha value is -1.70. The number of carboxylic acid groups (broad SMARTS) is 1. The summed E-state index contributed by atoms with van der Waals surface area (Å²) in [7, 11) is 0. The van der Waals surface area contributed by atoms with Gasteiger partial charge in [-0.3, -0.25) is 0 Å². The first-order valence-electron chi connectivity index (χ1n) is 5.11. The zero-order chi connectivity index (χ0) is 12.8. The molecule has 3 N–H and O–H groups in total. The number of carbonyl (C=O) groups excluding carboxylic acids is 1. The summed E-state index contributed by atoms with van der Waals surface area (Å²) in [4.78, 5) is 22.2. The van der Waals surface area contributed by atoms with Crippen molar-refractivity contribution in [1.29, 1.82) is 0 Å². The van der Waals surface area contributed by atoms with Gasteiger partial charge >= 0.3 is 12.0 Å². The Kier molecular flexibility index (Phi) is 5.37. The minimum Gasteiger partial charge on any atom is -0.480 e. The van der Waals surface area contributed by atoms with Gasteiger partial charge in [-0.15, -0.1) is 6.42 Å². The van der Waals surface area contributed by atoms with E-state index in [1.165, 1.54) is 13.8 Å². The third-order valence-corrected chi connectivity index (χ3v) is 2.04. The molecule has 0 radical (unpaired) electrons. The van der Waals surface area contributed by atoms with Crippen LogP contribution in [0.5, 0.6) is 0 Å². The normalized spacial score (nSPS) is 12.4. The highest BCUT2D eigenvalue weighted by Gasteiger charge is 2.29. The van der Waals surface area contributed by atoms with E-state index < -0.39 is 17.5 Å². The Balaban J connectivity index is 4.28. The lowest BCUT2D eigenvalue weighted by molar-refractivity contribution is -0.142. The van der Waals surface area contributed by atoms with Gasteiger partial charge in [0.05, 0.1) is 6.04 Å². The molecule has 0 saturated heterocycles. The minimum absolute atomic E-state index is 0.366. The second kappa shape index (κ2) is 6.01. The van der Waals surface area contributed by atoms with Crippen molar-refractivity contribution in [2.45, 2.75) is 45.2 Å². The second-order valence-corrected chi connectivity index (χ2v) is 4.04. The molecule has 0 aromatic heterocycles. The van der Waals surface area contributed by atoms with Crippen molar-refractivity contribution >= 4 is 12.0 Å². The Morgan fingerprint density at radius 2 is 2.06 bits per heavy atom. The summed E-state index contributed by atoms with van der Waals surface area (Å²) in [5.41, 5.74) is -1.31. The maximum absolute atomic E-state index is 11.4. The SMILES string of the molecule is C#CC(CCC)NC(=O)NC(C)(C)C(=O)O. The van der Waals surface area contributed by atoms with Crippen LogP contribution in [0.1, 0.15) is 33.6 Å². The first-order valence-corrected chi connectivity index (χ1v) is 5.11. The van der Waals surface area contributed by atoms with Crippen LogP contribution < -0.4 is 10.6 Å². The second-order valence-electron chi connectivity index (χ2n) is 4.04. The van der Waals surface area contributed by atoms with E-state index in [4.69, 9.17) is 11.5 Å². The fourth-order valence-corrected chi connectivity index (χ4v) is 1.02. The number of hydrogen-bond donors (Lipinski definition) is 3. The van der Waals surface area contributed by atoms with Gasteiger partial charge in [0.15, 0.2) is 0 Å². The van der Waals surface area contributed by atoms with Gasteiger partial charge in [0.1, 0.15) is 5.54 Å². The lowest BCUT2D eigenvalue weighted by Gasteiger charge is -2.22. The Morgan fingerprint density at radius 1 is 1.50 bits per heavy atom. The standard InChI is InChI=1S/C11H18N2O3/c1-5-7-8(6-2)12-10(16)13-11(3,4)9(14)15/h2,8H,5,7H2,1,3-4H3,(H,14,15)(H2,12,13,16). The van der Waals surface area contributed by atoms with Crippen molar-refractivity contribution in [1.82, 2.24) is 10.6 Å². The molecule has 0 aromatic carbocycles. The van der Waals surface area contributed by atoms with Crippen molar-refractivity contribution < 1.29 is 14.7 Å². The van der Waals surface area contributed by atoms with Crippen LogP contribution in [-0.4, -0.2) is 28.7 Å². The molecule has 0 bridgehead atoms. The molecule has 1 atom stereocenters. The third kappa shape index (κ3) is 4.69. The lowest BCUT2D eigenvalue weighted by Crippen LogP contribution is -2.54. The number of rotatable bonds is 5. The van der Waals surface area contributed by atoms with Crippen LogP contribution in [0.3, 0.4) is 0 Å². The van der Waals surface area contributed by atoms with Gasteiger partial charge < -0.3 is 15.7 Å². The highest BCUT2D eigenvalue weighted by atomic mass is 16.4. The molecule has 0 saturated carbocycles. The quantitative estimate of drug-likeness (QED) is 0.611. The Labute approximate surface area is 95.6 Å². The van der Waals surface area contributed by atoms with E-state index in [0.29, 0.717) is 6.42 Å². The van der Waals surface area contributed by atoms with Crippen LogP contribution in [0.25, 0.3) is 0 Å². The average Bonchev–Trinajstić information content (AvgIpc) is 2.15. The summed E-state index contributed by atoms with van der Waals surface area (Å²) >= 11 is 0. The maximum Gasteiger partial charge on any atom is 0.328 e. The molecule has 1 unspecified atom stereocenters. The molecule has 0 rings (SSSR count). The van der Waals surface area contributed by atoms with Gasteiger partial charge in [0.2, 0.25) is 0 Å². The molecular formula is C11H18N2O3. The highest BCUT2D eigenvalue weighted by Crippen LogP contribution is 2.02. The number of urea groups is 1. The van der Waals surface area contributed by atoms with Crippen LogP contribution >= 0.6 is 0 Å². The summed E-state index contributed by atoms with van der Waals surface area (Å²) in [6.45, 7) is 4.75. The number of carboxylic acids is 1. The molecule has 5 nitrogen and oxygen atoms in total. The van der Waals surface area contributed by atoms with Gasteiger partial charge in [-0.05, 0) is 20.3 Å². The first-order chi connectivity index (χ1) is 7.33. The molecule has 90 valence electrons. The largest absolute Gasteiger partial charge is 0.480 e. The van der Waals surface area contributed by atoms with Crippen molar-refractivity contribution in [2.24, 2.45) is 0 Å². The molecule has 0 aliphatic rings.